The van der Waals surface area contributed by atoms with E-state index in [1.54, 1.807) is 24.3 Å². The van der Waals surface area contributed by atoms with Gasteiger partial charge in [-0.2, -0.15) is 5.10 Å². The van der Waals surface area contributed by atoms with Crippen molar-refractivity contribution in [2.24, 2.45) is 5.10 Å². The number of anilines is 1. The fourth-order valence-electron chi connectivity index (χ4n) is 3.43. The van der Waals surface area contributed by atoms with Crippen molar-refractivity contribution in [2.75, 3.05) is 11.9 Å². The van der Waals surface area contributed by atoms with Gasteiger partial charge in [0.1, 0.15) is 5.75 Å². The Bertz CT molecular complexity index is 1280. The van der Waals surface area contributed by atoms with E-state index in [4.69, 9.17) is 4.74 Å². The van der Waals surface area contributed by atoms with Gasteiger partial charge in [-0.25, -0.2) is 5.43 Å². The first-order chi connectivity index (χ1) is 17.7. The number of carbonyl (C=O) groups is 3. The molecule has 3 aromatic rings. The molecule has 0 heterocycles. The lowest BCUT2D eigenvalue weighted by Crippen LogP contribution is -2.37. The number of rotatable bonds is 9. The Morgan fingerprint density at radius 1 is 0.919 bits per heavy atom. The zero-order valence-electron chi connectivity index (χ0n) is 21.5. The smallest absolute Gasteiger partial charge is 0.329 e. The van der Waals surface area contributed by atoms with E-state index in [9.17, 15) is 14.4 Å². The fraction of sp³-hybridized carbons (Fsp3) is 0.241. The van der Waals surface area contributed by atoms with E-state index < -0.39 is 11.8 Å². The number of aryl methyl sites for hydroxylation is 1. The molecule has 0 saturated carbocycles. The van der Waals surface area contributed by atoms with Crippen LogP contribution in [0, 0.1) is 13.8 Å². The maximum atomic E-state index is 12.4. The normalized spacial score (nSPS) is 10.8. The van der Waals surface area contributed by atoms with Crippen molar-refractivity contribution in [1.82, 2.24) is 10.7 Å². The molecule has 0 saturated heterocycles. The summed E-state index contributed by atoms with van der Waals surface area (Å²) in [5.74, 6) is -1.16. The van der Waals surface area contributed by atoms with Crippen LogP contribution in [0.4, 0.5) is 5.69 Å². The first-order valence-electron chi connectivity index (χ1n) is 12.0. The van der Waals surface area contributed by atoms with Gasteiger partial charge in [-0.15, -0.1) is 0 Å². The van der Waals surface area contributed by atoms with Gasteiger partial charge in [0.25, 0.3) is 5.91 Å². The van der Waals surface area contributed by atoms with Crippen molar-refractivity contribution in [3.05, 3.63) is 94.5 Å². The minimum Gasteiger partial charge on any atom is -0.483 e. The Morgan fingerprint density at radius 2 is 1.65 bits per heavy atom. The summed E-state index contributed by atoms with van der Waals surface area (Å²) >= 11 is 0. The average Bonchev–Trinajstić information content (AvgIpc) is 2.89. The quantitative estimate of drug-likeness (QED) is 0.232. The monoisotopic (exact) mass is 500 g/mol. The maximum Gasteiger partial charge on any atom is 0.329 e. The molecule has 0 unspecified atom stereocenters. The van der Waals surface area contributed by atoms with Crippen molar-refractivity contribution in [2.45, 2.75) is 40.2 Å². The van der Waals surface area contributed by atoms with Crippen LogP contribution >= 0.6 is 0 Å². The van der Waals surface area contributed by atoms with Gasteiger partial charge in [0.2, 0.25) is 0 Å². The molecular weight excluding hydrogens is 468 g/mol. The highest BCUT2D eigenvalue weighted by Gasteiger charge is 2.13. The van der Waals surface area contributed by atoms with Gasteiger partial charge < -0.3 is 15.4 Å². The highest BCUT2D eigenvalue weighted by atomic mass is 16.5. The van der Waals surface area contributed by atoms with Gasteiger partial charge in [0.05, 0.1) is 6.21 Å². The van der Waals surface area contributed by atoms with Crippen LogP contribution in [0.3, 0.4) is 0 Å². The largest absolute Gasteiger partial charge is 0.483 e. The van der Waals surface area contributed by atoms with Crippen LogP contribution in [0.1, 0.15) is 47.6 Å². The summed E-state index contributed by atoms with van der Waals surface area (Å²) in [5.41, 5.74) is 7.65. The van der Waals surface area contributed by atoms with Gasteiger partial charge in [0.15, 0.2) is 6.61 Å². The van der Waals surface area contributed by atoms with Crippen molar-refractivity contribution >= 4 is 29.6 Å². The predicted octanol–water partition coefficient (Wildman–Crippen LogP) is 4.21. The Balaban J connectivity index is 1.49. The second kappa shape index (κ2) is 13.0. The first kappa shape index (κ1) is 27.1. The van der Waals surface area contributed by atoms with E-state index in [0.717, 1.165) is 22.4 Å². The number of carbonyl (C=O) groups excluding carboxylic acids is 3. The van der Waals surface area contributed by atoms with Crippen LogP contribution in [-0.2, 0) is 20.9 Å². The third kappa shape index (κ3) is 8.03. The molecule has 0 aliphatic carbocycles. The standard InChI is InChI=1S/C29H32N4O4/c1-19(2)23-14-12-22(13-15-23)16-30-28(35)29(36)33-31-17-24-9-5-6-11-26(24)37-18-27(34)32-25-10-7-8-20(3)21(25)4/h5-15,17,19H,16,18H2,1-4H3,(H,30,35)(H,32,34)(H,33,36)/b31-17-. The highest BCUT2D eigenvalue weighted by molar-refractivity contribution is 6.35. The van der Waals surface area contributed by atoms with E-state index in [1.165, 1.54) is 11.8 Å². The first-order valence-corrected chi connectivity index (χ1v) is 12.0. The van der Waals surface area contributed by atoms with Crippen LogP contribution in [0.15, 0.2) is 71.8 Å². The molecule has 0 radical (unpaired) electrons. The SMILES string of the molecule is Cc1cccc(NC(=O)COc2ccccc2/C=N\NC(=O)C(=O)NCc2ccc(C(C)C)cc2)c1C. The molecule has 37 heavy (non-hydrogen) atoms. The predicted molar refractivity (Wildman–Crippen MR) is 145 cm³/mol. The topological polar surface area (TPSA) is 109 Å². The molecule has 3 amide bonds. The summed E-state index contributed by atoms with van der Waals surface area (Å²) in [5, 5.41) is 9.28. The lowest BCUT2D eigenvalue weighted by atomic mass is 10.0. The van der Waals surface area contributed by atoms with Crippen LogP contribution < -0.4 is 20.8 Å². The number of hydrazone groups is 1. The number of benzene rings is 3. The molecule has 0 aliphatic heterocycles. The minimum absolute atomic E-state index is 0.203. The molecule has 3 aromatic carbocycles. The zero-order valence-corrected chi connectivity index (χ0v) is 21.5. The van der Waals surface area contributed by atoms with Crippen molar-refractivity contribution < 1.29 is 19.1 Å². The number of amides is 3. The number of hydrogen-bond donors (Lipinski definition) is 3. The average molecular weight is 501 g/mol. The molecule has 8 nitrogen and oxygen atoms in total. The summed E-state index contributed by atoms with van der Waals surface area (Å²) in [4.78, 5) is 36.6. The Labute approximate surface area is 217 Å². The Hall–Kier alpha value is -4.46. The number of hydrogen-bond acceptors (Lipinski definition) is 5. The fourth-order valence-corrected chi connectivity index (χ4v) is 3.43. The van der Waals surface area contributed by atoms with Crippen molar-refractivity contribution in [3.63, 3.8) is 0 Å². The van der Waals surface area contributed by atoms with Crippen LogP contribution in [0.2, 0.25) is 0 Å². The van der Waals surface area contributed by atoms with Gasteiger partial charge in [-0.1, -0.05) is 62.4 Å². The number of para-hydroxylation sites is 1. The number of ether oxygens (including phenoxy) is 1. The molecule has 0 aromatic heterocycles. The molecule has 0 spiro atoms. The molecule has 0 fully saturated rings. The lowest BCUT2D eigenvalue weighted by molar-refractivity contribution is -0.139. The maximum absolute atomic E-state index is 12.4. The molecule has 3 N–H and O–H groups in total. The van der Waals surface area contributed by atoms with E-state index in [1.807, 2.05) is 56.3 Å². The molecule has 0 atom stereocenters. The Morgan fingerprint density at radius 3 is 2.38 bits per heavy atom. The molecular formula is C29H32N4O4. The number of nitrogens with zero attached hydrogens (tertiary/aromatic N) is 1. The molecule has 0 aliphatic rings. The molecule has 192 valence electrons. The summed E-state index contributed by atoms with van der Waals surface area (Å²) in [6.07, 6.45) is 1.35. The van der Waals surface area contributed by atoms with Gasteiger partial charge in [0, 0.05) is 17.8 Å². The molecule has 0 bridgehead atoms. The second-order valence-corrected chi connectivity index (χ2v) is 8.90. The lowest BCUT2D eigenvalue weighted by Gasteiger charge is -2.12. The summed E-state index contributed by atoms with van der Waals surface area (Å²) in [7, 11) is 0. The second-order valence-electron chi connectivity index (χ2n) is 8.90. The van der Waals surface area contributed by atoms with Gasteiger partial charge >= 0.3 is 11.8 Å². The van der Waals surface area contributed by atoms with E-state index in [-0.39, 0.29) is 19.1 Å². The summed E-state index contributed by atoms with van der Waals surface area (Å²) in [6.45, 7) is 8.16. The van der Waals surface area contributed by atoms with Gasteiger partial charge in [-0.05, 0) is 60.2 Å². The van der Waals surface area contributed by atoms with Crippen molar-refractivity contribution in [3.8, 4) is 5.75 Å². The Kier molecular flexibility index (Phi) is 9.55. The van der Waals surface area contributed by atoms with Crippen LogP contribution in [0.5, 0.6) is 5.75 Å². The van der Waals surface area contributed by atoms with E-state index in [0.29, 0.717) is 17.2 Å². The van der Waals surface area contributed by atoms with Crippen LogP contribution in [0.25, 0.3) is 0 Å². The zero-order chi connectivity index (χ0) is 26.8. The van der Waals surface area contributed by atoms with E-state index in [2.05, 4.69) is 35.0 Å². The summed E-state index contributed by atoms with van der Waals surface area (Å²) in [6, 6.07) is 20.5. The molecule has 3 rings (SSSR count). The summed E-state index contributed by atoms with van der Waals surface area (Å²) < 4.78 is 5.66. The highest BCUT2D eigenvalue weighted by Crippen LogP contribution is 2.19. The third-order valence-corrected chi connectivity index (χ3v) is 5.83. The van der Waals surface area contributed by atoms with Crippen molar-refractivity contribution in [1.29, 1.82) is 0 Å². The van der Waals surface area contributed by atoms with E-state index >= 15 is 0 Å². The molecule has 8 heteroatoms. The number of nitrogens with one attached hydrogen (secondary N) is 3. The van der Waals surface area contributed by atoms with Gasteiger partial charge in [-0.3, -0.25) is 14.4 Å². The minimum atomic E-state index is -0.888. The third-order valence-electron chi connectivity index (χ3n) is 5.83. The van der Waals surface area contributed by atoms with Crippen LogP contribution in [-0.4, -0.2) is 30.5 Å².